The molecule has 0 saturated carbocycles. The van der Waals surface area contributed by atoms with Crippen molar-refractivity contribution < 1.29 is 18.8 Å². The van der Waals surface area contributed by atoms with E-state index in [-0.39, 0.29) is 17.7 Å². The number of thioether (sulfide) groups is 1. The third kappa shape index (κ3) is 6.69. The molecule has 0 radical (unpaired) electrons. The van der Waals surface area contributed by atoms with E-state index >= 15 is 0 Å². The maximum Gasteiger partial charge on any atom is 0.251 e. The highest BCUT2D eigenvalue weighted by Gasteiger charge is 2.22. The molecule has 1 unspecified atom stereocenters. The number of hydrogen-bond acceptors (Lipinski definition) is 7. The van der Waals surface area contributed by atoms with Crippen molar-refractivity contribution in [1.82, 2.24) is 15.6 Å². The SMILES string of the molecule is CSCCC(NC(=O)c1ccccc1)C(=O)Nc1nc(-c2ccc(CNC(C)=O)o2)cs1. The third-order valence-electron chi connectivity index (χ3n) is 4.43. The van der Waals surface area contributed by atoms with Gasteiger partial charge in [0.05, 0.1) is 6.54 Å². The van der Waals surface area contributed by atoms with Crippen LogP contribution < -0.4 is 16.0 Å². The Hall–Kier alpha value is -3.11. The molecule has 0 aliphatic carbocycles. The molecule has 1 atom stereocenters. The van der Waals surface area contributed by atoms with E-state index in [0.29, 0.717) is 40.9 Å². The van der Waals surface area contributed by atoms with Gasteiger partial charge in [-0.3, -0.25) is 14.4 Å². The molecule has 168 valence electrons. The fraction of sp³-hybridized carbons (Fsp3) is 0.273. The van der Waals surface area contributed by atoms with Crippen LogP contribution in [0.15, 0.2) is 52.3 Å². The summed E-state index contributed by atoms with van der Waals surface area (Å²) in [6.45, 7) is 1.73. The van der Waals surface area contributed by atoms with E-state index in [1.807, 2.05) is 12.3 Å². The molecule has 0 saturated heterocycles. The Bertz CT molecular complexity index is 1060. The van der Waals surface area contributed by atoms with E-state index in [1.165, 1.54) is 18.3 Å². The fourth-order valence-electron chi connectivity index (χ4n) is 2.79. The molecular weight excluding hydrogens is 448 g/mol. The molecule has 8 nitrogen and oxygen atoms in total. The molecule has 3 amide bonds. The van der Waals surface area contributed by atoms with Crippen molar-refractivity contribution in [2.45, 2.75) is 25.9 Å². The van der Waals surface area contributed by atoms with Crippen molar-refractivity contribution >= 4 is 46.0 Å². The number of carbonyl (C=O) groups is 3. The van der Waals surface area contributed by atoms with Crippen LogP contribution in [0.5, 0.6) is 0 Å². The van der Waals surface area contributed by atoms with Crippen LogP contribution in [0.1, 0.15) is 29.5 Å². The molecule has 2 aromatic heterocycles. The average molecular weight is 473 g/mol. The minimum Gasteiger partial charge on any atom is -0.458 e. The maximum atomic E-state index is 12.9. The predicted molar refractivity (Wildman–Crippen MR) is 127 cm³/mol. The van der Waals surface area contributed by atoms with Gasteiger partial charge in [-0.2, -0.15) is 11.8 Å². The minimum atomic E-state index is -0.685. The molecule has 0 fully saturated rings. The molecule has 3 rings (SSSR count). The first kappa shape index (κ1) is 23.6. The second kappa shape index (κ2) is 11.5. The highest BCUT2D eigenvalue weighted by molar-refractivity contribution is 7.98. The zero-order chi connectivity index (χ0) is 22.9. The lowest BCUT2D eigenvalue weighted by Gasteiger charge is -2.17. The summed E-state index contributed by atoms with van der Waals surface area (Å²) in [5, 5.41) is 10.5. The number of nitrogens with one attached hydrogen (secondary N) is 3. The Morgan fingerprint density at radius 3 is 2.66 bits per heavy atom. The number of thiazole rings is 1. The normalized spacial score (nSPS) is 11.6. The quantitative estimate of drug-likeness (QED) is 0.416. The monoisotopic (exact) mass is 472 g/mol. The van der Waals surface area contributed by atoms with E-state index < -0.39 is 6.04 Å². The van der Waals surface area contributed by atoms with Gasteiger partial charge in [-0.05, 0) is 42.7 Å². The lowest BCUT2D eigenvalue weighted by Crippen LogP contribution is -2.44. The lowest BCUT2D eigenvalue weighted by molar-refractivity contribution is -0.119. The number of amides is 3. The van der Waals surface area contributed by atoms with Gasteiger partial charge in [0.1, 0.15) is 17.5 Å². The summed E-state index contributed by atoms with van der Waals surface area (Å²) in [5.41, 5.74) is 1.08. The summed E-state index contributed by atoms with van der Waals surface area (Å²) in [6.07, 6.45) is 2.44. The molecule has 10 heteroatoms. The first-order chi connectivity index (χ1) is 15.5. The van der Waals surface area contributed by atoms with Crippen LogP contribution in [0.4, 0.5) is 5.13 Å². The lowest BCUT2D eigenvalue weighted by atomic mass is 10.1. The van der Waals surface area contributed by atoms with Gasteiger partial charge in [-0.15, -0.1) is 11.3 Å². The number of hydrogen-bond donors (Lipinski definition) is 3. The van der Waals surface area contributed by atoms with Crippen LogP contribution in [-0.4, -0.2) is 40.8 Å². The number of aromatic nitrogens is 1. The summed E-state index contributed by atoms with van der Waals surface area (Å²) in [4.78, 5) is 40.8. The number of carbonyl (C=O) groups excluding carboxylic acids is 3. The topological polar surface area (TPSA) is 113 Å². The van der Waals surface area contributed by atoms with Gasteiger partial charge in [0.15, 0.2) is 10.9 Å². The molecule has 2 heterocycles. The van der Waals surface area contributed by atoms with Gasteiger partial charge in [0.25, 0.3) is 5.91 Å². The molecule has 3 aromatic rings. The van der Waals surface area contributed by atoms with E-state index in [0.717, 1.165) is 5.75 Å². The molecule has 0 spiro atoms. The zero-order valence-electron chi connectivity index (χ0n) is 17.7. The standard InChI is InChI=1S/C22H24N4O4S2/c1-14(27)23-12-16-8-9-19(30-16)18-13-32-22(25-18)26-21(29)17(10-11-31-2)24-20(28)15-6-4-3-5-7-15/h3-9,13,17H,10-12H2,1-2H3,(H,23,27)(H,24,28)(H,25,26,29). The highest BCUT2D eigenvalue weighted by atomic mass is 32.2. The number of rotatable bonds is 10. The van der Waals surface area contributed by atoms with E-state index in [4.69, 9.17) is 4.42 Å². The van der Waals surface area contributed by atoms with Crippen LogP contribution in [0, 0.1) is 0 Å². The van der Waals surface area contributed by atoms with E-state index in [2.05, 4.69) is 20.9 Å². The van der Waals surface area contributed by atoms with Crippen LogP contribution in [-0.2, 0) is 16.1 Å². The van der Waals surface area contributed by atoms with Crippen LogP contribution >= 0.6 is 23.1 Å². The van der Waals surface area contributed by atoms with E-state index in [1.54, 1.807) is 53.5 Å². The molecule has 32 heavy (non-hydrogen) atoms. The molecule has 1 aromatic carbocycles. The van der Waals surface area contributed by atoms with Crippen LogP contribution in [0.2, 0.25) is 0 Å². The number of benzene rings is 1. The van der Waals surface area contributed by atoms with Gasteiger partial charge in [0.2, 0.25) is 11.8 Å². The summed E-state index contributed by atoms with van der Waals surface area (Å²) >= 11 is 2.87. The maximum absolute atomic E-state index is 12.9. The average Bonchev–Trinajstić information content (AvgIpc) is 3.45. The molecular formula is C22H24N4O4S2. The molecule has 0 aliphatic heterocycles. The van der Waals surface area contributed by atoms with Crippen molar-refractivity contribution in [2.75, 3.05) is 17.3 Å². The minimum absolute atomic E-state index is 0.142. The van der Waals surface area contributed by atoms with Crippen molar-refractivity contribution in [3.05, 3.63) is 59.2 Å². The Morgan fingerprint density at radius 1 is 1.16 bits per heavy atom. The Kier molecular flexibility index (Phi) is 8.46. The first-order valence-electron chi connectivity index (χ1n) is 9.91. The first-order valence-corrected chi connectivity index (χ1v) is 12.2. The molecule has 0 bridgehead atoms. The van der Waals surface area contributed by atoms with Crippen molar-refractivity contribution in [1.29, 1.82) is 0 Å². The van der Waals surface area contributed by atoms with Crippen molar-refractivity contribution in [3.8, 4) is 11.5 Å². The second-order valence-electron chi connectivity index (χ2n) is 6.88. The zero-order valence-corrected chi connectivity index (χ0v) is 19.3. The Labute approximate surface area is 194 Å². The summed E-state index contributed by atoms with van der Waals surface area (Å²) in [6, 6.07) is 11.6. The molecule has 3 N–H and O–H groups in total. The second-order valence-corrected chi connectivity index (χ2v) is 8.72. The summed E-state index contributed by atoms with van der Waals surface area (Å²) in [7, 11) is 0. The van der Waals surface area contributed by atoms with E-state index in [9.17, 15) is 14.4 Å². The number of anilines is 1. The Balaban J connectivity index is 1.64. The van der Waals surface area contributed by atoms with Gasteiger partial charge in [-0.25, -0.2) is 4.98 Å². The number of furan rings is 1. The van der Waals surface area contributed by atoms with Gasteiger partial charge >= 0.3 is 0 Å². The predicted octanol–water partition coefficient (Wildman–Crippen LogP) is 3.53. The Morgan fingerprint density at radius 2 is 1.94 bits per heavy atom. The third-order valence-corrected chi connectivity index (χ3v) is 5.83. The highest BCUT2D eigenvalue weighted by Crippen LogP contribution is 2.26. The summed E-state index contributed by atoms with van der Waals surface area (Å²) < 4.78 is 5.70. The smallest absolute Gasteiger partial charge is 0.251 e. The van der Waals surface area contributed by atoms with Crippen molar-refractivity contribution in [3.63, 3.8) is 0 Å². The van der Waals surface area contributed by atoms with Gasteiger partial charge in [0, 0.05) is 17.9 Å². The van der Waals surface area contributed by atoms with Gasteiger partial charge in [-0.1, -0.05) is 18.2 Å². The largest absolute Gasteiger partial charge is 0.458 e. The summed E-state index contributed by atoms with van der Waals surface area (Å²) in [5.74, 6) is 1.11. The molecule has 0 aliphatic rings. The van der Waals surface area contributed by atoms with Crippen LogP contribution in [0.3, 0.4) is 0 Å². The van der Waals surface area contributed by atoms with Gasteiger partial charge < -0.3 is 20.4 Å². The van der Waals surface area contributed by atoms with Crippen LogP contribution in [0.25, 0.3) is 11.5 Å². The van der Waals surface area contributed by atoms with Crippen molar-refractivity contribution in [2.24, 2.45) is 0 Å². The fourth-order valence-corrected chi connectivity index (χ4v) is 3.97. The number of nitrogens with zero attached hydrogens (tertiary/aromatic N) is 1.